The van der Waals surface area contributed by atoms with E-state index >= 15 is 0 Å². The van der Waals surface area contributed by atoms with Crippen LogP contribution in [0.25, 0.3) is 5.95 Å². The molecule has 0 fully saturated rings. The summed E-state index contributed by atoms with van der Waals surface area (Å²) in [5.74, 6) is 0.630. The molecule has 0 amide bonds. The number of tetrazole rings is 1. The van der Waals surface area contributed by atoms with Crippen molar-refractivity contribution in [2.45, 2.75) is 13.8 Å². The lowest BCUT2D eigenvalue weighted by molar-refractivity contribution is 0.663. The number of hydrogen-bond acceptors (Lipinski definition) is 4. The van der Waals surface area contributed by atoms with E-state index in [0.29, 0.717) is 5.95 Å². The topological polar surface area (TPSA) is 61.4 Å². The highest BCUT2D eigenvalue weighted by Crippen LogP contribution is 2.06. The molecular formula is C7H10N6. The van der Waals surface area contributed by atoms with Crippen molar-refractivity contribution < 1.29 is 0 Å². The minimum absolute atomic E-state index is 0.630. The molecule has 0 atom stereocenters. The van der Waals surface area contributed by atoms with Crippen LogP contribution in [0.3, 0.4) is 0 Å². The summed E-state index contributed by atoms with van der Waals surface area (Å²) in [4.78, 5) is 0. The van der Waals surface area contributed by atoms with Crippen LogP contribution in [-0.2, 0) is 7.05 Å². The molecule has 2 aromatic rings. The van der Waals surface area contributed by atoms with Gasteiger partial charge in [0.15, 0.2) is 0 Å². The molecule has 0 saturated heterocycles. The Morgan fingerprint density at radius 2 is 2.08 bits per heavy atom. The van der Waals surface area contributed by atoms with Gasteiger partial charge in [-0.1, -0.05) is 5.10 Å². The first-order valence-electron chi connectivity index (χ1n) is 3.94. The number of hydrogen-bond donors (Lipinski definition) is 0. The first kappa shape index (κ1) is 7.90. The highest BCUT2D eigenvalue weighted by atomic mass is 15.6. The second kappa shape index (κ2) is 2.65. The Hall–Kier alpha value is -1.72. The summed E-state index contributed by atoms with van der Waals surface area (Å²) >= 11 is 0. The Bertz CT molecular complexity index is 426. The maximum atomic E-state index is 4.27. The van der Waals surface area contributed by atoms with Gasteiger partial charge in [0.2, 0.25) is 0 Å². The van der Waals surface area contributed by atoms with Crippen LogP contribution < -0.4 is 0 Å². The zero-order valence-electron chi connectivity index (χ0n) is 7.76. The second-order valence-electron chi connectivity index (χ2n) is 2.94. The van der Waals surface area contributed by atoms with E-state index in [0.717, 1.165) is 11.4 Å². The minimum Gasteiger partial charge on any atom is -0.213 e. The van der Waals surface area contributed by atoms with Crippen LogP contribution in [0.2, 0.25) is 0 Å². The van der Waals surface area contributed by atoms with Crippen molar-refractivity contribution in [3.05, 3.63) is 17.5 Å². The molecule has 68 valence electrons. The molecule has 0 N–H and O–H groups in total. The van der Waals surface area contributed by atoms with Gasteiger partial charge in [0.25, 0.3) is 5.95 Å². The summed E-state index contributed by atoms with van der Waals surface area (Å²) in [6.45, 7) is 3.90. The van der Waals surface area contributed by atoms with Gasteiger partial charge in [-0.3, -0.25) is 0 Å². The molecule has 6 nitrogen and oxygen atoms in total. The standard InChI is InChI=1S/C7H10N6/c1-5-4-6(2)13(9-5)7-8-10-11-12(7)3/h4H,1-3H3. The molecule has 2 rings (SSSR count). The smallest absolute Gasteiger partial charge is 0.213 e. The van der Waals surface area contributed by atoms with Gasteiger partial charge in [0.1, 0.15) is 0 Å². The van der Waals surface area contributed by atoms with Crippen LogP contribution >= 0.6 is 0 Å². The lowest BCUT2D eigenvalue weighted by atomic mass is 10.4. The number of nitrogens with zero attached hydrogens (tertiary/aromatic N) is 6. The number of aryl methyl sites for hydroxylation is 3. The second-order valence-corrected chi connectivity index (χ2v) is 2.94. The van der Waals surface area contributed by atoms with Crippen LogP contribution in [0.15, 0.2) is 6.07 Å². The molecule has 2 heterocycles. The van der Waals surface area contributed by atoms with E-state index in [-0.39, 0.29) is 0 Å². The van der Waals surface area contributed by atoms with E-state index in [1.807, 2.05) is 19.9 Å². The Kier molecular flexibility index (Phi) is 1.61. The molecular weight excluding hydrogens is 168 g/mol. The van der Waals surface area contributed by atoms with E-state index in [9.17, 15) is 0 Å². The molecule has 0 radical (unpaired) electrons. The van der Waals surface area contributed by atoms with Crippen molar-refractivity contribution in [2.24, 2.45) is 7.05 Å². The van der Waals surface area contributed by atoms with Crippen LogP contribution in [0.4, 0.5) is 0 Å². The van der Waals surface area contributed by atoms with Gasteiger partial charge < -0.3 is 0 Å². The third-order valence-corrected chi connectivity index (χ3v) is 1.80. The zero-order valence-corrected chi connectivity index (χ0v) is 7.76. The Morgan fingerprint density at radius 1 is 1.31 bits per heavy atom. The van der Waals surface area contributed by atoms with Gasteiger partial charge in [-0.2, -0.15) is 5.10 Å². The maximum Gasteiger partial charge on any atom is 0.270 e. The van der Waals surface area contributed by atoms with Gasteiger partial charge in [-0.05, 0) is 30.3 Å². The van der Waals surface area contributed by atoms with E-state index in [1.165, 1.54) is 0 Å². The van der Waals surface area contributed by atoms with Crippen LogP contribution in [-0.4, -0.2) is 30.0 Å². The molecule has 0 aromatic carbocycles. The van der Waals surface area contributed by atoms with E-state index < -0.39 is 0 Å². The van der Waals surface area contributed by atoms with Gasteiger partial charge in [0.05, 0.1) is 5.69 Å². The highest BCUT2D eigenvalue weighted by molar-refractivity contribution is 5.16. The van der Waals surface area contributed by atoms with Crippen LogP contribution in [0.1, 0.15) is 11.4 Å². The molecule has 0 saturated carbocycles. The number of aromatic nitrogens is 6. The normalized spacial score (nSPS) is 10.7. The predicted octanol–water partition coefficient (Wildman–Crippen LogP) is 0.0126. The molecule has 0 bridgehead atoms. The molecule has 0 aliphatic carbocycles. The average Bonchev–Trinajstić information content (AvgIpc) is 2.58. The average molecular weight is 178 g/mol. The monoisotopic (exact) mass is 178 g/mol. The predicted molar refractivity (Wildman–Crippen MR) is 45.4 cm³/mol. The molecule has 0 aliphatic heterocycles. The first-order chi connectivity index (χ1) is 6.18. The Labute approximate surface area is 75.2 Å². The summed E-state index contributed by atoms with van der Waals surface area (Å²) in [5, 5.41) is 15.4. The largest absolute Gasteiger partial charge is 0.270 e. The molecule has 2 aromatic heterocycles. The SMILES string of the molecule is Cc1cc(C)n(-c2nnnn2C)n1. The Morgan fingerprint density at radius 3 is 2.54 bits per heavy atom. The van der Waals surface area contributed by atoms with Crippen molar-refractivity contribution >= 4 is 0 Å². The minimum atomic E-state index is 0.630. The highest BCUT2D eigenvalue weighted by Gasteiger charge is 2.08. The molecule has 0 spiro atoms. The van der Waals surface area contributed by atoms with Crippen LogP contribution in [0, 0.1) is 13.8 Å². The van der Waals surface area contributed by atoms with Gasteiger partial charge in [0, 0.05) is 12.7 Å². The van der Waals surface area contributed by atoms with Crippen molar-refractivity contribution in [2.75, 3.05) is 0 Å². The third-order valence-electron chi connectivity index (χ3n) is 1.80. The zero-order chi connectivity index (χ0) is 9.42. The third kappa shape index (κ3) is 1.20. The lowest BCUT2D eigenvalue weighted by Crippen LogP contribution is -2.07. The van der Waals surface area contributed by atoms with Gasteiger partial charge >= 0.3 is 0 Å². The molecule has 0 unspecified atom stereocenters. The van der Waals surface area contributed by atoms with E-state index in [2.05, 4.69) is 20.6 Å². The summed E-state index contributed by atoms with van der Waals surface area (Å²) in [5.41, 5.74) is 1.98. The summed E-state index contributed by atoms with van der Waals surface area (Å²) in [6, 6.07) is 1.98. The van der Waals surface area contributed by atoms with E-state index in [4.69, 9.17) is 0 Å². The van der Waals surface area contributed by atoms with E-state index in [1.54, 1.807) is 16.4 Å². The maximum absolute atomic E-state index is 4.27. The van der Waals surface area contributed by atoms with Gasteiger partial charge in [-0.25, -0.2) is 9.36 Å². The summed E-state index contributed by atoms with van der Waals surface area (Å²) in [7, 11) is 1.78. The van der Waals surface area contributed by atoms with Crippen molar-refractivity contribution in [1.29, 1.82) is 0 Å². The van der Waals surface area contributed by atoms with Crippen molar-refractivity contribution in [3.63, 3.8) is 0 Å². The molecule has 6 heteroatoms. The fraction of sp³-hybridized carbons (Fsp3) is 0.429. The fourth-order valence-electron chi connectivity index (χ4n) is 1.24. The first-order valence-corrected chi connectivity index (χ1v) is 3.94. The lowest BCUT2D eigenvalue weighted by Gasteiger charge is -1.99. The van der Waals surface area contributed by atoms with Crippen LogP contribution in [0.5, 0.6) is 0 Å². The summed E-state index contributed by atoms with van der Waals surface area (Å²) in [6.07, 6.45) is 0. The van der Waals surface area contributed by atoms with Crippen molar-refractivity contribution in [3.8, 4) is 5.95 Å². The fourth-order valence-corrected chi connectivity index (χ4v) is 1.24. The van der Waals surface area contributed by atoms with Crippen molar-refractivity contribution in [1.82, 2.24) is 30.0 Å². The number of rotatable bonds is 1. The molecule has 0 aliphatic rings. The quantitative estimate of drug-likeness (QED) is 0.617. The summed E-state index contributed by atoms with van der Waals surface area (Å²) < 4.78 is 3.30. The van der Waals surface area contributed by atoms with Gasteiger partial charge in [-0.15, -0.1) is 0 Å². The molecule has 13 heavy (non-hydrogen) atoms. The Balaban J connectivity index is 2.58.